The van der Waals surface area contributed by atoms with Crippen LogP contribution in [-0.4, -0.2) is 16.8 Å². The lowest BCUT2D eigenvalue weighted by molar-refractivity contribution is -0.129. The summed E-state index contributed by atoms with van der Waals surface area (Å²) < 4.78 is 0. The summed E-state index contributed by atoms with van der Waals surface area (Å²) in [5, 5.41) is 21.0. The molecule has 5 nitrogen and oxygen atoms in total. The fourth-order valence-corrected chi connectivity index (χ4v) is 3.16. The van der Waals surface area contributed by atoms with Crippen LogP contribution in [-0.2, 0) is 17.8 Å². The van der Waals surface area contributed by atoms with E-state index in [-0.39, 0.29) is 5.84 Å². The van der Waals surface area contributed by atoms with E-state index in [9.17, 15) is 9.90 Å². The van der Waals surface area contributed by atoms with Crippen LogP contribution in [0.3, 0.4) is 0 Å². The number of amidine groups is 1. The smallest absolute Gasteiger partial charge is 0.253 e. The second kappa shape index (κ2) is 9.17. The predicted molar refractivity (Wildman–Crippen MR) is 115 cm³/mol. The van der Waals surface area contributed by atoms with E-state index < -0.39 is 12.0 Å². The Morgan fingerprint density at radius 1 is 1.03 bits per heavy atom. The average Bonchev–Trinajstić information content (AvgIpc) is 2.73. The zero-order valence-electron chi connectivity index (χ0n) is 16.4. The third kappa shape index (κ3) is 5.30. The van der Waals surface area contributed by atoms with Gasteiger partial charge in [-0.1, -0.05) is 72.3 Å². The van der Waals surface area contributed by atoms with E-state index in [1.807, 2.05) is 61.5 Å². The number of aryl methyl sites for hydroxylation is 1. The Balaban J connectivity index is 1.73. The van der Waals surface area contributed by atoms with E-state index in [4.69, 9.17) is 11.1 Å². The van der Waals surface area contributed by atoms with Crippen LogP contribution in [0.1, 0.15) is 39.5 Å². The summed E-state index contributed by atoms with van der Waals surface area (Å²) in [5.74, 6) is -0.425. The maximum Gasteiger partial charge on any atom is 0.253 e. The maximum absolute atomic E-state index is 12.5. The first-order valence-corrected chi connectivity index (χ1v) is 9.46. The van der Waals surface area contributed by atoms with Gasteiger partial charge < -0.3 is 16.2 Å². The van der Waals surface area contributed by atoms with Crippen molar-refractivity contribution in [1.82, 2.24) is 5.32 Å². The lowest BCUT2D eigenvalue weighted by Gasteiger charge is -2.16. The Hall–Kier alpha value is -3.44. The molecule has 0 aliphatic carbocycles. The van der Waals surface area contributed by atoms with Gasteiger partial charge in [-0.25, -0.2) is 0 Å². The molecule has 5 N–H and O–H groups in total. The predicted octanol–water partition coefficient (Wildman–Crippen LogP) is 3.22. The highest BCUT2D eigenvalue weighted by atomic mass is 16.3. The summed E-state index contributed by atoms with van der Waals surface area (Å²) in [7, 11) is 0. The molecule has 0 spiro atoms. The van der Waals surface area contributed by atoms with Crippen LogP contribution in [0, 0.1) is 12.3 Å². The summed E-state index contributed by atoms with van der Waals surface area (Å²) in [6.07, 6.45) is -0.729. The molecule has 0 heterocycles. The van der Waals surface area contributed by atoms with Gasteiger partial charge in [-0.3, -0.25) is 10.2 Å². The second-order valence-electron chi connectivity index (χ2n) is 7.10. The van der Waals surface area contributed by atoms with Crippen molar-refractivity contribution in [3.05, 3.63) is 106 Å². The van der Waals surface area contributed by atoms with E-state index in [0.29, 0.717) is 24.1 Å². The Morgan fingerprint density at radius 2 is 1.76 bits per heavy atom. The number of hydrogen-bond donors (Lipinski definition) is 4. The molecule has 5 heteroatoms. The van der Waals surface area contributed by atoms with Gasteiger partial charge in [0.05, 0.1) is 0 Å². The van der Waals surface area contributed by atoms with Gasteiger partial charge in [0.2, 0.25) is 0 Å². The molecule has 1 amide bonds. The zero-order chi connectivity index (χ0) is 20.8. The fourth-order valence-electron chi connectivity index (χ4n) is 3.16. The molecule has 0 saturated heterocycles. The van der Waals surface area contributed by atoms with Crippen molar-refractivity contribution in [2.75, 3.05) is 0 Å². The molecule has 0 aromatic heterocycles. The summed E-state index contributed by atoms with van der Waals surface area (Å²) in [5.41, 5.74) is 10.7. The van der Waals surface area contributed by atoms with E-state index in [0.717, 1.165) is 22.3 Å². The third-order valence-electron chi connectivity index (χ3n) is 4.82. The largest absolute Gasteiger partial charge is 0.384 e. The number of aliphatic hydroxyl groups excluding tert-OH is 1. The number of hydrogen-bond acceptors (Lipinski definition) is 3. The number of carbonyl (C=O) groups excluding carboxylic acids is 1. The van der Waals surface area contributed by atoms with Crippen molar-refractivity contribution in [3.63, 3.8) is 0 Å². The van der Waals surface area contributed by atoms with Crippen LogP contribution in [0.25, 0.3) is 0 Å². The zero-order valence-corrected chi connectivity index (χ0v) is 16.4. The third-order valence-corrected chi connectivity index (χ3v) is 4.82. The van der Waals surface area contributed by atoms with Crippen LogP contribution in [0.15, 0.2) is 72.8 Å². The van der Waals surface area contributed by atoms with Crippen molar-refractivity contribution in [3.8, 4) is 0 Å². The second-order valence-corrected chi connectivity index (χ2v) is 7.10. The quantitative estimate of drug-likeness (QED) is 0.370. The molecule has 3 rings (SSSR count). The summed E-state index contributed by atoms with van der Waals surface area (Å²) in [4.78, 5) is 12.5. The number of aliphatic hydroxyl groups is 1. The van der Waals surface area contributed by atoms with E-state index in [2.05, 4.69) is 5.32 Å². The number of nitrogen functional groups attached to an aromatic ring is 1. The summed E-state index contributed by atoms with van der Waals surface area (Å²) in [6, 6.07) is 22.7. The highest BCUT2D eigenvalue weighted by molar-refractivity contribution is 5.95. The molecule has 148 valence electrons. The molecule has 3 aromatic rings. The minimum absolute atomic E-state index is 0.00986. The molecule has 0 bridgehead atoms. The van der Waals surface area contributed by atoms with Gasteiger partial charge in [-0.05, 0) is 41.7 Å². The molecule has 0 unspecified atom stereocenters. The van der Waals surface area contributed by atoms with Crippen molar-refractivity contribution in [2.45, 2.75) is 26.0 Å². The lowest BCUT2D eigenvalue weighted by Crippen LogP contribution is -2.29. The molecule has 0 fully saturated rings. The van der Waals surface area contributed by atoms with Gasteiger partial charge in [-0.2, -0.15) is 0 Å². The van der Waals surface area contributed by atoms with Gasteiger partial charge in [0.25, 0.3) is 5.91 Å². The van der Waals surface area contributed by atoms with Gasteiger partial charge in [0.15, 0.2) is 6.10 Å². The molecule has 0 saturated carbocycles. The molecule has 1 atom stereocenters. The summed E-state index contributed by atoms with van der Waals surface area (Å²) >= 11 is 0. The average molecular weight is 387 g/mol. The Morgan fingerprint density at radius 3 is 2.48 bits per heavy atom. The van der Waals surface area contributed by atoms with Crippen LogP contribution >= 0.6 is 0 Å². The normalized spacial score (nSPS) is 11.7. The molecular weight excluding hydrogens is 362 g/mol. The van der Waals surface area contributed by atoms with Crippen LogP contribution in [0.5, 0.6) is 0 Å². The first-order chi connectivity index (χ1) is 13.9. The molecule has 0 aliphatic heterocycles. The number of nitrogens with two attached hydrogens (primary N) is 1. The van der Waals surface area contributed by atoms with Crippen LogP contribution in [0.4, 0.5) is 0 Å². The number of benzene rings is 3. The van der Waals surface area contributed by atoms with Crippen LogP contribution in [0.2, 0.25) is 0 Å². The lowest BCUT2D eigenvalue weighted by atomic mass is 9.95. The Kier molecular flexibility index (Phi) is 6.42. The van der Waals surface area contributed by atoms with E-state index >= 15 is 0 Å². The molecule has 0 aliphatic rings. The monoisotopic (exact) mass is 387 g/mol. The van der Waals surface area contributed by atoms with Crippen molar-refractivity contribution < 1.29 is 9.90 Å². The van der Waals surface area contributed by atoms with Crippen LogP contribution < -0.4 is 11.1 Å². The van der Waals surface area contributed by atoms with E-state index in [1.54, 1.807) is 18.2 Å². The topological polar surface area (TPSA) is 99.2 Å². The Bertz CT molecular complexity index is 1010. The highest BCUT2D eigenvalue weighted by Gasteiger charge is 2.20. The number of rotatable bonds is 7. The number of carbonyl (C=O) groups is 1. The Labute approximate surface area is 170 Å². The molecule has 29 heavy (non-hydrogen) atoms. The first kappa shape index (κ1) is 20.3. The number of amides is 1. The maximum atomic E-state index is 12.5. The molecule has 0 radical (unpaired) electrons. The van der Waals surface area contributed by atoms with Gasteiger partial charge in [0, 0.05) is 12.1 Å². The first-order valence-electron chi connectivity index (χ1n) is 9.46. The number of nitrogens with one attached hydrogen (secondary N) is 2. The van der Waals surface area contributed by atoms with Crippen molar-refractivity contribution >= 4 is 11.7 Å². The SMILES string of the molecule is Cc1ccc(CNC(=O)[C@H](O)c2ccccc2Cc2cccc(C(=N)N)c2)cc1. The van der Waals surface area contributed by atoms with Crippen molar-refractivity contribution in [2.24, 2.45) is 5.73 Å². The van der Waals surface area contributed by atoms with E-state index in [1.165, 1.54) is 0 Å². The fraction of sp³-hybridized carbons (Fsp3) is 0.167. The van der Waals surface area contributed by atoms with Gasteiger partial charge >= 0.3 is 0 Å². The highest BCUT2D eigenvalue weighted by Crippen LogP contribution is 2.22. The van der Waals surface area contributed by atoms with Gasteiger partial charge in [0.1, 0.15) is 5.84 Å². The standard InChI is InChI=1S/C24H25N3O2/c1-16-9-11-17(12-10-16)15-27-24(29)22(28)21-8-3-2-6-19(21)13-18-5-4-7-20(14-18)23(25)26/h2-12,14,22,28H,13,15H2,1H3,(H3,25,26)(H,27,29)/t22-/m1/s1. The molecular formula is C24H25N3O2. The molecule has 3 aromatic carbocycles. The minimum atomic E-state index is -1.26. The minimum Gasteiger partial charge on any atom is -0.384 e. The summed E-state index contributed by atoms with van der Waals surface area (Å²) in [6.45, 7) is 2.37. The van der Waals surface area contributed by atoms with Crippen molar-refractivity contribution in [1.29, 1.82) is 5.41 Å². The van der Waals surface area contributed by atoms with Gasteiger partial charge in [-0.15, -0.1) is 0 Å².